The first-order valence-corrected chi connectivity index (χ1v) is 10.0. The van der Waals surface area contributed by atoms with Gasteiger partial charge in [0.25, 0.3) is 0 Å². The third kappa shape index (κ3) is 4.73. The molecule has 1 saturated heterocycles. The molecule has 0 spiro atoms. The van der Waals surface area contributed by atoms with Gasteiger partial charge in [-0.1, -0.05) is 0 Å². The number of amides is 1. The van der Waals surface area contributed by atoms with Crippen LogP contribution in [0.15, 0.2) is 6.07 Å². The fourth-order valence-electron chi connectivity index (χ4n) is 3.53. The second kappa shape index (κ2) is 7.44. The van der Waals surface area contributed by atoms with E-state index in [1.54, 1.807) is 10.4 Å². The molecule has 1 fully saturated rings. The molecule has 134 valence electrons. The van der Waals surface area contributed by atoms with Gasteiger partial charge in [0.05, 0.1) is 0 Å². The largest absolute Gasteiger partial charge is 0.444 e. The molecule has 24 heavy (non-hydrogen) atoms. The molecule has 0 radical (unpaired) electrons. The van der Waals surface area contributed by atoms with Gasteiger partial charge in [-0.25, -0.2) is 4.79 Å². The molecule has 0 bridgehead atoms. The van der Waals surface area contributed by atoms with Crippen LogP contribution in [0.2, 0.25) is 0 Å². The summed E-state index contributed by atoms with van der Waals surface area (Å²) in [4.78, 5) is 17.2. The van der Waals surface area contributed by atoms with E-state index in [1.807, 2.05) is 37.0 Å². The first-order chi connectivity index (χ1) is 11.4. The molecule has 4 nitrogen and oxygen atoms in total. The average Bonchev–Trinajstić information content (AvgIpc) is 2.97. The highest BCUT2D eigenvalue weighted by Crippen LogP contribution is 2.30. The summed E-state index contributed by atoms with van der Waals surface area (Å²) in [5, 5.41) is 3.71. The molecule has 1 amide bonds. The van der Waals surface area contributed by atoms with E-state index < -0.39 is 5.60 Å². The summed E-state index contributed by atoms with van der Waals surface area (Å²) < 4.78 is 5.50. The molecular weight excluding hydrogens is 320 g/mol. The molecule has 1 N–H and O–H groups in total. The SMILES string of the molecule is CC(C)(C)OC(=O)N1CCCC(NCc2cc3c(s2)CCC3)CC1. The van der Waals surface area contributed by atoms with E-state index in [9.17, 15) is 4.79 Å². The fraction of sp³-hybridized carbons (Fsp3) is 0.737. The predicted octanol–water partition coefficient (Wildman–Crippen LogP) is 4.12. The summed E-state index contributed by atoms with van der Waals surface area (Å²) in [7, 11) is 0. The zero-order valence-corrected chi connectivity index (χ0v) is 16.0. The molecule has 1 aliphatic carbocycles. The van der Waals surface area contributed by atoms with Gasteiger partial charge < -0.3 is 15.0 Å². The first kappa shape index (κ1) is 17.7. The molecule has 0 saturated carbocycles. The fourth-order valence-corrected chi connectivity index (χ4v) is 4.74. The van der Waals surface area contributed by atoms with Crippen LogP contribution < -0.4 is 5.32 Å². The van der Waals surface area contributed by atoms with Crippen molar-refractivity contribution in [3.63, 3.8) is 0 Å². The van der Waals surface area contributed by atoms with Gasteiger partial charge in [0, 0.05) is 35.4 Å². The lowest BCUT2D eigenvalue weighted by atomic mass is 10.1. The van der Waals surface area contributed by atoms with Gasteiger partial charge in [-0.2, -0.15) is 0 Å². The van der Waals surface area contributed by atoms with Gasteiger partial charge in [-0.15, -0.1) is 11.3 Å². The number of nitrogens with one attached hydrogen (secondary N) is 1. The van der Waals surface area contributed by atoms with Crippen LogP contribution in [0.1, 0.15) is 61.8 Å². The second-order valence-corrected chi connectivity index (χ2v) is 9.21. The zero-order valence-electron chi connectivity index (χ0n) is 15.2. The molecule has 1 unspecified atom stereocenters. The predicted molar refractivity (Wildman–Crippen MR) is 98.6 cm³/mol. The number of likely N-dealkylation sites (tertiary alicyclic amines) is 1. The number of rotatable bonds is 3. The maximum atomic E-state index is 12.2. The maximum absolute atomic E-state index is 12.2. The number of nitrogens with zero attached hydrogens (tertiary/aromatic N) is 1. The van der Waals surface area contributed by atoms with Gasteiger partial charge in [0.2, 0.25) is 0 Å². The third-order valence-electron chi connectivity index (χ3n) is 4.74. The van der Waals surface area contributed by atoms with Gasteiger partial charge in [0.15, 0.2) is 0 Å². The standard InChI is InChI=1S/C19H30N2O2S/c1-19(2,3)23-18(22)21-10-5-7-15(9-11-21)20-13-16-12-14-6-4-8-17(14)24-16/h12,15,20H,4-11,13H2,1-3H3. The average molecular weight is 351 g/mol. The van der Waals surface area contributed by atoms with Crippen LogP contribution in [-0.2, 0) is 24.1 Å². The number of ether oxygens (including phenoxy) is 1. The highest BCUT2D eigenvalue weighted by molar-refractivity contribution is 7.12. The van der Waals surface area contributed by atoms with Crippen LogP contribution in [0, 0.1) is 0 Å². The number of fused-ring (bicyclic) bond motifs is 1. The maximum Gasteiger partial charge on any atom is 0.410 e. The zero-order chi connectivity index (χ0) is 17.2. The third-order valence-corrected chi connectivity index (χ3v) is 5.98. The van der Waals surface area contributed by atoms with Crippen molar-refractivity contribution >= 4 is 17.4 Å². The summed E-state index contributed by atoms with van der Waals surface area (Å²) in [5.74, 6) is 0. The Labute approximate surface area is 149 Å². The number of aryl methyl sites for hydroxylation is 2. The van der Waals surface area contributed by atoms with Crippen LogP contribution in [-0.4, -0.2) is 35.7 Å². The molecule has 2 aliphatic rings. The van der Waals surface area contributed by atoms with Crippen molar-refractivity contribution in [2.75, 3.05) is 13.1 Å². The molecule has 2 heterocycles. The summed E-state index contributed by atoms with van der Waals surface area (Å²) in [6.45, 7) is 8.32. The lowest BCUT2D eigenvalue weighted by Crippen LogP contribution is -2.38. The van der Waals surface area contributed by atoms with Crippen molar-refractivity contribution in [2.24, 2.45) is 0 Å². The monoisotopic (exact) mass is 350 g/mol. The van der Waals surface area contributed by atoms with E-state index in [0.29, 0.717) is 6.04 Å². The minimum absolute atomic E-state index is 0.169. The van der Waals surface area contributed by atoms with Gasteiger partial charge in [-0.3, -0.25) is 0 Å². The Balaban J connectivity index is 1.46. The molecule has 1 atom stereocenters. The number of carbonyl (C=O) groups excluding carboxylic acids is 1. The number of hydrogen-bond donors (Lipinski definition) is 1. The topological polar surface area (TPSA) is 41.6 Å². The van der Waals surface area contributed by atoms with Gasteiger partial charge >= 0.3 is 6.09 Å². The van der Waals surface area contributed by atoms with E-state index in [-0.39, 0.29) is 6.09 Å². The number of thiophene rings is 1. The van der Waals surface area contributed by atoms with E-state index in [4.69, 9.17) is 4.74 Å². The Morgan fingerprint density at radius 3 is 2.88 bits per heavy atom. The molecule has 1 aromatic heterocycles. The van der Waals surface area contributed by atoms with Crippen molar-refractivity contribution in [1.82, 2.24) is 10.2 Å². The Bertz CT molecular complexity index is 555. The summed E-state index contributed by atoms with van der Waals surface area (Å²) >= 11 is 1.98. The quantitative estimate of drug-likeness (QED) is 0.892. The summed E-state index contributed by atoms with van der Waals surface area (Å²) in [5.41, 5.74) is 1.16. The van der Waals surface area contributed by atoms with Gasteiger partial charge in [0.1, 0.15) is 5.60 Å². The van der Waals surface area contributed by atoms with E-state index in [2.05, 4.69) is 11.4 Å². The van der Waals surface area contributed by atoms with E-state index in [0.717, 1.165) is 38.9 Å². The molecule has 1 aliphatic heterocycles. The summed E-state index contributed by atoms with van der Waals surface area (Å²) in [6, 6.07) is 2.89. The lowest BCUT2D eigenvalue weighted by Gasteiger charge is -2.26. The van der Waals surface area contributed by atoms with Crippen LogP contribution in [0.25, 0.3) is 0 Å². The molecule has 0 aromatic carbocycles. The number of carbonyl (C=O) groups is 1. The smallest absolute Gasteiger partial charge is 0.410 e. The Morgan fingerprint density at radius 1 is 1.29 bits per heavy atom. The van der Waals surface area contributed by atoms with Crippen molar-refractivity contribution < 1.29 is 9.53 Å². The highest BCUT2D eigenvalue weighted by Gasteiger charge is 2.25. The van der Waals surface area contributed by atoms with Crippen molar-refractivity contribution in [3.05, 3.63) is 21.4 Å². The highest BCUT2D eigenvalue weighted by atomic mass is 32.1. The normalized spacial score (nSPS) is 21.5. The lowest BCUT2D eigenvalue weighted by molar-refractivity contribution is 0.0256. The minimum atomic E-state index is -0.416. The molecule has 3 rings (SSSR count). The molecular formula is C19H30N2O2S. The second-order valence-electron chi connectivity index (χ2n) is 7.99. The van der Waals surface area contributed by atoms with Crippen LogP contribution >= 0.6 is 11.3 Å². The Hall–Kier alpha value is -1.07. The van der Waals surface area contributed by atoms with Crippen LogP contribution in [0.3, 0.4) is 0 Å². The van der Waals surface area contributed by atoms with Crippen LogP contribution in [0.4, 0.5) is 4.79 Å². The molecule has 1 aromatic rings. The van der Waals surface area contributed by atoms with Crippen molar-refractivity contribution in [3.8, 4) is 0 Å². The van der Waals surface area contributed by atoms with E-state index >= 15 is 0 Å². The van der Waals surface area contributed by atoms with E-state index in [1.165, 1.54) is 24.1 Å². The first-order valence-electron chi connectivity index (χ1n) is 9.22. The Kier molecular flexibility index (Phi) is 5.50. The van der Waals surface area contributed by atoms with Crippen molar-refractivity contribution in [2.45, 2.75) is 77.5 Å². The van der Waals surface area contributed by atoms with Crippen LogP contribution in [0.5, 0.6) is 0 Å². The van der Waals surface area contributed by atoms with Crippen molar-refractivity contribution in [1.29, 1.82) is 0 Å². The Morgan fingerprint density at radius 2 is 2.12 bits per heavy atom. The molecule has 5 heteroatoms. The van der Waals surface area contributed by atoms with Gasteiger partial charge in [-0.05, 0) is 70.9 Å². The number of hydrogen-bond acceptors (Lipinski definition) is 4. The summed E-state index contributed by atoms with van der Waals surface area (Å²) in [6.07, 6.45) is 6.87. The minimum Gasteiger partial charge on any atom is -0.444 e.